The number of ether oxygens (including phenoxy) is 2. The minimum atomic E-state index is -0.770. The second kappa shape index (κ2) is 9.67. The first kappa shape index (κ1) is 20.3. The van der Waals surface area contributed by atoms with Crippen molar-refractivity contribution in [3.8, 4) is 0 Å². The highest BCUT2D eigenvalue weighted by atomic mass is 16.7. The predicted molar refractivity (Wildman–Crippen MR) is 109 cm³/mol. The molecule has 0 spiro atoms. The summed E-state index contributed by atoms with van der Waals surface area (Å²) in [5, 5.41) is 8.77. The molecule has 4 heteroatoms. The molecule has 0 saturated carbocycles. The molecule has 3 atom stereocenters. The minimum Gasteiger partial charge on any atom is -0.481 e. The van der Waals surface area contributed by atoms with Gasteiger partial charge in [0.1, 0.15) is 0 Å². The van der Waals surface area contributed by atoms with Crippen LogP contribution in [0.15, 0.2) is 60.7 Å². The van der Waals surface area contributed by atoms with Crippen LogP contribution >= 0.6 is 0 Å². The average Bonchev–Trinajstić information content (AvgIpc) is 2.70. The van der Waals surface area contributed by atoms with E-state index < -0.39 is 5.97 Å². The molecule has 1 heterocycles. The summed E-state index contributed by atoms with van der Waals surface area (Å²) in [5.41, 5.74) is 4.65. The molecule has 1 N–H and O–H groups in total. The lowest BCUT2D eigenvalue weighted by Gasteiger charge is -2.37. The van der Waals surface area contributed by atoms with Crippen LogP contribution in [-0.2, 0) is 14.3 Å². The summed E-state index contributed by atoms with van der Waals surface area (Å²) >= 11 is 0. The molecular formula is C24H28O4. The Morgan fingerprint density at radius 3 is 2.68 bits per heavy atom. The molecule has 3 rings (SSSR count). The molecule has 28 heavy (non-hydrogen) atoms. The Labute approximate surface area is 166 Å². The summed E-state index contributed by atoms with van der Waals surface area (Å²) in [6, 6.07) is 16.5. The van der Waals surface area contributed by atoms with E-state index in [0.717, 1.165) is 12.0 Å². The molecule has 0 radical (unpaired) electrons. The Hall–Kier alpha value is -2.43. The highest BCUT2D eigenvalue weighted by Gasteiger charge is 2.34. The average molecular weight is 380 g/mol. The minimum absolute atomic E-state index is 0.0667. The molecule has 4 nitrogen and oxygen atoms in total. The van der Waals surface area contributed by atoms with Crippen molar-refractivity contribution in [3.63, 3.8) is 0 Å². The van der Waals surface area contributed by atoms with Crippen molar-refractivity contribution < 1.29 is 19.4 Å². The van der Waals surface area contributed by atoms with Gasteiger partial charge in [-0.2, -0.15) is 0 Å². The predicted octanol–water partition coefficient (Wildman–Crippen LogP) is 5.52. The number of aliphatic carboxylic acids is 1. The Kier molecular flexibility index (Phi) is 7.01. The van der Waals surface area contributed by atoms with Crippen molar-refractivity contribution in [1.82, 2.24) is 0 Å². The molecule has 1 aliphatic heterocycles. The number of benzene rings is 2. The van der Waals surface area contributed by atoms with Gasteiger partial charge in [0.2, 0.25) is 0 Å². The number of carboxylic acids is 1. The zero-order valence-electron chi connectivity index (χ0n) is 16.5. The van der Waals surface area contributed by atoms with Crippen molar-refractivity contribution >= 4 is 5.97 Å². The Morgan fingerprint density at radius 1 is 1.14 bits per heavy atom. The monoisotopic (exact) mass is 380 g/mol. The van der Waals surface area contributed by atoms with Crippen LogP contribution in [0.5, 0.6) is 0 Å². The van der Waals surface area contributed by atoms with Crippen LogP contribution in [0.3, 0.4) is 0 Å². The first-order chi connectivity index (χ1) is 13.5. The quantitative estimate of drug-likeness (QED) is 0.643. The number of carbonyl (C=O) groups is 1. The molecule has 0 aliphatic carbocycles. The van der Waals surface area contributed by atoms with Gasteiger partial charge in [-0.05, 0) is 37.8 Å². The lowest BCUT2D eigenvalue weighted by molar-refractivity contribution is -0.244. The van der Waals surface area contributed by atoms with Crippen molar-refractivity contribution in [2.75, 3.05) is 6.61 Å². The zero-order chi connectivity index (χ0) is 19.9. The third-order valence-electron chi connectivity index (χ3n) is 5.10. The third-order valence-corrected chi connectivity index (χ3v) is 5.10. The van der Waals surface area contributed by atoms with E-state index in [1.165, 1.54) is 16.7 Å². The van der Waals surface area contributed by atoms with Gasteiger partial charge in [-0.15, -0.1) is 0 Å². The van der Waals surface area contributed by atoms with Crippen molar-refractivity contribution in [2.45, 2.75) is 45.5 Å². The van der Waals surface area contributed by atoms with Gasteiger partial charge in [-0.25, -0.2) is 0 Å². The van der Waals surface area contributed by atoms with Crippen molar-refractivity contribution in [3.05, 3.63) is 82.9 Å². The van der Waals surface area contributed by atoms with Gasteiger partial charge < -0.3 is 14.6 Å². The van der Waals surface area contributed by atoms with Crippen LogP contribution in [0.2, 0.25) is 0 Å². The van der Waals surface area contributed by atoms with Crippen LogP contribution in [0, 0.1) is 19.8 Å². The van der Waals surface area contributed by atoms with E-state index in [9.17, 15) is 4.79 Å². The van der Waals surface area contributed by atoms with E-state index in [2.05, 4.69) is 38.1 Å². The molecular weight excluding hydrogens is 352 g/mol. The summed E-state index contributed by atoms with van der Waals surface area (Å²) in [7, 11) is 0. The van der Waals surface area contributed by atoms with Crippen molar-refractivity contribution in [2.24, 2.45) is 5.92 Å². The molecule has 148 valence electrons. The van der Waals surface area contributed by atoms with E-state index in [1.807, 2.05) is 36.4 Å². The van der Waals surface area contributed by atoms with E-state index in [0.29, 0.717) is 13.0 Å². The first-order valence-electron chi connectivity index (χ1n) is 9.80. The van der Waals surface area contributed by atoms with Gasteiger partial charge in [-0.1, -0.05) is 66.2 Å². The standard InChI is InChI=1S/C24H28O4/c1-17-13-14-18(2)21(15-17)23-20(11-7-4-8-12-22(25)26)16-27-24(28-23)19-9-5-3-6-10-19/h3-7,9-10,13-15,20,23-24H,8,11-12,16H2,1-2H3,(H,25,26)/b7-4-/t20-,23+,24+/m1/s1. The van der Waals surface area contributed by atoms with Crippen LogP contribution in [-0.4, -0.2) is 17.7 Å². The molecule has 1 saturated heterocycles. The first-order valence-corrected chi connectivity index (χ1v) is 9.80. The number of allylic oxidation sites excluding steroid dienone is 2. The van der Waals surface area contributed by atoms with Crippen molar-refractivity contribution in [1.29, 1.82) is 0 Å². The number of carboxylic acid groups (broad SMARTS) is 1. The molecule has 0 aromatic heterocycles. The highest BCUT2D eigenvalue weighted by Crippen LogP contribution is 2.41. The lowest BCUT2D eigenvalue weighted by atomic mass is 9.88. The molecule has 0 bridgehead atoms. The van der Waals surface area contributed by atoms with Gasteiger partial charge in [0.15, 0.2) is 6.29 Å². The molecule has 0 unspecified atom stereocenters. The van der Waals surface area contributed by atoms with Crippen LogP contribution in [0.1, 0.15) is 53.9 Å². The van der Waals surface area contributed by atoms with Gasteiger partial charge in [0.05, 0.1) is 12.7 Å². The fourth-order valence-electron chi connectivity index (χ4n) is 3.55. The topological polar surface area (TPSA) is 55.8 Å². The second-order valence-electron chi connectivity index (χ2n) is 7.39. The fourth-order valence-corrected chi connectivity index (χ4v) is 3.55. The zero-order valence-corrected chi connectivity index (χ0v) is 16.5. The number of rotatable bonds is 7. The molecule has 0 amide bonds. The van der Waals surface area contributed by atoms with Crippen LogP contribution in [0.4, 0.5) is 0 Å². The van der Waals surface area contributed by atoms with Crippen LogP contribution in [0.25, 0.3) is 0 Å². The summed E-state index contributed by atoms with van der Waals surface area (Å²) in [5.74, 6) is -0.588. The largest absolute Gasteiger partial charge is 0.481 e. The van der Waals surface area contributed by atoms with Gasteiger partial charge in [0.25, 0.3) is 0 Å². The summed E-state index contributed by atoms with van der Waals surface area (Å²) < 4.78 is 12.5. The van der Waals surface area contributed by atoms with Gasteiger partial charge in [0, 0.05) is 17.9 Å². The third kappa shape index (κ3) is 5.31. The Bertz CT molecular complexity index is 813. The number of hydrogen-bond acceptors (Lipinski definition) is 3. The highest BCUT2D eigenvalue weighted by molar-refractivity contribution is 5.66. The van der Waals surface area contributed by atoms with Gasteiger partial charge in [-0.3, -0.25) is 4.79 Å². The summed E-state index contributed by atoms with van der Waals surface area (Å²) in [4.78, 5) is 10.7. The fraction of sp³-hybridized carbons (Fsp3) is 0.375. The maximum Gasteiger partial charge on any atom is 0.303 e. The summed E-state index contributed by atoms with van der Waals surface area (Å²) in [6.07, 6.45) is 5.05. The maximum atomic E-state index is 10.7. The second-order valence-corrected chi connectivity index (χ2v) is 7.39. The maximum absolute atomic E-state index is 10.7. The van der Waals surface area contributed by atoms with Gasteiger partial charge >= 0.3 is 5.97 Å². The number of aryl methyl sites for hydroxylation is 2. The normalized spacial score (nSPS) is 22.4. The number of hydrogen-bond donors (Lipinski definition) is 1. The van der Waals surface area contributed by atoms with E-state index in [4.69, 9.17) is 14.6 Å². The molecule has 1 aliphatic rings. The Morgan fingerprint density at radius 2 is 1.93 bits per heavy atom. The smallest absolute Gasteiger partial charge is 0.303 e. The molecule has 2 aromatic rings. The Balaban J connectivity index is 1.78. The molecule has 2 aromatic carbocycles. The van der Waals surface area contributed by atoms with E-state index >= 15 is 0 Å². The summed E-state index contributed by atoms with van der Waals surface area (Å²) in [6.45, 7) is 4.81. The lowest BCUT2D eigenvalue weighted by Crippen LogP contribution is -2.31. The van der Waals surface area contributed by atoms with E-state index in [1.54, 1.807) is 0 Å². The van der Waals surface area contributed by atoms with Crippen LogP contribution < -0.4 is 0 Å². The van der Waals surface area contributed by atoms with E-state index in [-0.39, 0.29) is 24.7 Å². The molecule has 1 fully saturated rings. The SMILES string of the molecule is Cc1ccc(C)c([C@H]2O[C@@H](c3ccccc3)OC[C@H]2C/C=C\CCC(=O)O)c1.